The van der Waals surface area contributed by atoms with Crippen LogP contribution in [0.5, 0.6) is 0 Å². The molecule has 24 heavy (non-hydrogen) atoms. The van der Waals surface area contributed by atoms with E-state index in [9.17, 15) is 4.79 Å². The number of hydrogen-bond donors (Lipinski definition) is 0. The fourth-order valence-electron chi connectivity index (χ4n) is 3.28. The van der Waals surface area contributed by atoms with E-state index < -0.39 is 0 Å². The highest BCUT2D eigenvalue weighted by molar-refractivity contribution is 5.89. The van der Waals surface area contributed by atoms with E-state index in [4.69, 9.17) is 9.84 Å². The van der Waals surface area contributed by atoms with Crippen LogP contribution in [-0.2, 0) is 24.2 Å². The van der Waals surface area contributed by atoms with Crippen LogP contribution in [0.25, 0.3) is 0 Å². The minimum Gasteiger partial charge on any atom is -0.465 e. The summed E-state index contributed by atoms with van der Waals surface area (Å²) in [6.07, 6.45) is 1.03. The van der Waals surface area contributed by atoms with Crippen LogP contribution in [0.15, 0.2) is 24.3 Å². The van der Waals surface area contributed by atoms with Crippen molar-refractivity contribution >= 4 is 5.97 Å². The normalized spacial score (nSPS) is 14.7. The summed E-state index contributed by atoms with van der Waals surface area (Å²) in [4.78, 5) is 13.9. The third-order valence-electron chi connectivity index (χ3n) is 4.61. The molecule has 0 bridgehead atoms. The summed E-state index contributed by atoms with van der Waals surface area (Å²) in [5, 5.41) is 4.89. The minimum atomic E-state index is -0.303. The van der Waals surface area contributed by atoms with Crippen LogP contribution in [0, 0.1) is 0 Å². The van der Waals surface area contributed by atoms with Crippen LogP contribution >= 0.6 is 0 Å². The largest absolute Gasteiger partial charge is 0.465 e. The van der Waals surface area contributed by atoms with Crippen molar-refractivity contribution in [2.24, 2.45) is 0 Å². The topological polar surface area (TPSA) is 47.4 Å². The summed E-state index contributed by atoms with van der Waals surface area (Å²) >= 11 is 0. The van der Waals surface area contributed by atoms with E-state index in [2.05, 4.69) is 30.5 Å². The number of methoxy groups -OCH3 is 1. The van der Waals surface area contributed by atoms with E-state index in [-0.39, 0.29) is 5.97 Å². The van der Waals surface area contributed by atoms with Gasteiger partial charge in [0.2, 0.25) is 0 Å². The molecule has 0 N–H and O–H groups in total. The van der Waals surface area contributed by atoms with Gasteiger partial charge in [-0.15, -0.1) is 0 Å². The maximum absolute atomic E-state index is 11.5. The van der Waals surface area contributed by atoms with Crippen LogP contribution in [-0.4, -0.2) is 41.4 Å². The Balaban J connectivity index is 1.87. The second kappa shape index (κ2) is 6.77. The molecule has 2 aromatic rings. The first-order valence-electron chi connectivity index (χ1n) is 8.44. The quantitative estimate of drug-likeness (QED) is 0.810. The summed E-state index contributed by atoms with van der Waals surface area (Å²) < 4.78 is 6.89. The smallest absolute Gasteiger partial charge is 0.337 e. The zero-order valence-corrected chi connectivity index (χ0v) is 14.9. The molecule has 1 aromatic carbocycles. The molecule has 0 fully saturated rings. The van der Waals surface area contributed by atoms with Crippen molar-refractivity contribution in [3.05, 3.63) is 52.3 Å². The number of carbonyl (C=O) groups is 1. The molecular formula is C19H25N3O2. The standard InChI is InChI=1S/C19H25N3O2/c1-13(2)18-16-12-21(3)10-9-17(16)22(20-18)11-14-5-7-15(8-6-14)19(23)24-4/h5-8,13H,9-12H2,1-4H3. The van der Waals surface area contributed by atoms with Gasteiger partial charge < -0.3 is 9.64 Å². The predicted molar refractivity (Wildman–Crippen MR) is 93.2 cm³/mol. The van der Waals surface area contributed by atoms with Gasteiger partial charge in [-0.1, -0.05) is 26.0 Å². The van der Waals surface area contributed by atoms with Gasteiger partial charge in [0.05, 0.1) is 24.9 Å². The van der Waals surface area contributed by atoms with Crippen LogP contribution in [0.3, 0.4) is 0 Å². The Bertz CT molecular complexity index is 732. The highest BCUT2D eigenvalue weighted by Gasteiger charge is 2.24. The fraction of sp³-hybridized carbons (Fsp3) is 0.474. The summed E-state index contributed by atoms with van der Waals surface area (Å²) in [5.74, 6) is 0.122. The monoisotopic (exact) mass is 327 g/mol. The van der Waals surface area contributed by atoms with E-state index >= 15 is 0 Å². The van der Waals surface area contributed by atoms with Gasteiger partial charge in [0.25, 0.3) is 0 Å². The lowest BCUT2D eigenvalue weighted by atomic mass is 9.99. The minimum absolute atomic E-state index is 0.303. The molecule has 1 aliphatic heterocycles. The Labute approximate surface area is 143 Å². The van der Waals surface area contributed by atoms with Gasteiger partial charge in [0.1, 0.15) is 0 Å². The van der Waals surface area contributed by atoms with Crippen LogP contribution < -0.4 is 0 Å². The second-order valence-corrected chi connectivity index (χ2v) is 6.80. The molecule has 1 aromatic heterocycles. The third-order valence-corrected chi connectivity index (χ3v) is 4.61. The van der Waals surface area contributed by atoms with Gasteiger partial charge in [-0.25, -0.2) is 4.79 Å². The Hall–Kier alpha value is -2.14. The number of benzene rings is 1. The predicted octanol–water partition coefficient (Wildman–Crippen LogP) is 2.83. The maximum atomic E-state index is 11.5. The van der Waals surface area contributed by atoms with Gasteiger partial charge in [-0.2, -0.15) is 5.10 Å². The van der Waals surface area contributed by atoms with Gasteiger partial charge in [0, 0.05) is 30.8 Å². The Morgan fingerprint density at radius 2 is 2.00 bits per heavy atom. The fourth-order valence-corrected chi connectivity index (χ4v) is 3.28. The number of aromatic nitrogens is 2. The lowest BCUT2D eigenvalue weighted by molar-refractivity contribution is 0.0600. The van der Waals surface area contributed by atoms with Gasteiger partial charge in [-0.3, -0.25) is 4.68 Å². The van der Waals surface area contributed by atoms with Crippen LogP contribution in [0.1, 0.15) is 52.6 Å². The number of nitrogens with zero attached hydrogens (tertiary/aromatic N) is 3. The third kappa shape index (κ3) is 3.22. The van der Waals surface area contributed by atoms with Gasteiger partial charge in [0.15, 0.2) is 0 Å². The SMILES string of the molecule is COC(=O)c1ccc(Cn2nc(C(C)C)c3c2CCN(C)C3)cc1. The Morgan fingerprint density at radius 1 is 1.29 bits per heavy atom. The van der Waals surface area contributed by atoms with E-state index in [1.807, 2.05) is 24.3 Å². The van der Waals surface area contributed by atoms with Gasteiger partial charge in [-0.05, 0) is 30.7 Å². The Morgan fingerprint density at radius 3 is 2.62 bits per heavy atom. The molecule has 0 saturated heterocycles. The molecule has 5 heteroatoms. The number of ether oxygens (including phenoxy) is 1. The van der Waals surface area contributed by atoms with E-state index in [0.717, 1.165) is 31.6 Å². The zero-order valence-electron chi connectivity index (χ0n) is 14.9. The summed E-state index contributed by atoms with van der Waals surface area (Å²) in [6, 6.07) is 7.58. The maximum Gasteiger partial charge on any atom is 0.337 e. The summed E-state index contributed by atoms with van der Waals surface area (Å²) in [5.41, 5.74) is 5.68. The number of esters is 1. The number of carbonyl (C=O) groups excluding carboxylic acids is 1. The summed E-state index contributed by atoms with van der Waals surface area (Å²) in [7, 11) is 3.56. The second-order valence-electron chi connectivity index (χ2n) is 6.80. The van der Waals surface area contributed by atoms with E-state index in [0.29, 0.717) is 11.5 Å². The molecule has 0 atom stereocenters. The molecule has 128 valence electrons. The highest BCUT2D eigenvalue weighted by Crippen LogP contribution is 2.27. The first-order valence-corrected chi connectivity index (χ1v) is 8.44. The van der Waals surface area contributed by atoms with Crippen molar-refractivity contribution < 1.29 is 9.53 Å². The van der Waals surface area contributed by atoms with Crippen molar-refractivity contribution in [3.63, 3.8) is 0 Å². The van der Waals surface area contributed by atoms with Crippen molar-refractivity contribution in [3.8, 4) is 0 Å². The lowest BCUT2D eigenvalue weighted by Crippen LogP contribution is -2.28. The van der Waals surface area contributed by atoms with Gasteiger partial charge >= 0.3 is 5.97 Å². The molecule has 0 spiro atoms. The molecule has 5 nitrogen and oxygen atoms in total. The number of likely N-dealkylation sites (N-methyl/N-ethyl adjacent to an activating group) is 1. The average Bonchev–Trinajstić information content (AvgIpc) is 2.92. The Kier molecular flexibility index (Phi) is 4.71. The molecule has 0 saturated carbocycles. The van der Waals surface area contributed by atoms with Crippen LogP contribution in [0.4, 0.5) is 0 Å². The molecule has 0 radical (unpaired) electrons. The van der Waals surface area contributed by atoms with Crippen LogP contribution in [0.2, 0.25) is 0 Å². The lowest BCUT2D eigenvalue weighted by Gasteiger charge is -2.24. The first kappa shape index (κ1) is 16.7. The van der Waals surface area contributed by atoms with E-state index in [1.165, 1.54) is 24.1 Å². The van der Waals surface area contributed by atoms with Crippen molar-refractivity contribution in [1.29, 1.82) is 0 Å². The highest BCUT2D eigenvalue weighted by atomic mass is 16.5. The number of hydrogen-bond acceptors (Lipinski definition) is 4. The van der Waals surface area contributed by atoms with E-state index in [1.54, 1.807) is 0 Å². The molecular weight excluding hydrogens is 302 g/mol. The molecule has 0 amide bonds. The zero-order chi connectivity index (χ0) is 17.3. The molecule has 0 aliphatic carbocycles. The number of fused-ring (bicyclic) bond motifs is 1. The van der Waals surface area contributed by atoms with Crippen molar-refractivity contribution in [1.82, 2.24) is 14.7 Å². The number of rotatable bonds is 4. The van der Waals surface area contributed by atoms with Crippen molar-refractivity contribution in [2.45, 2.75) is 39.3 Å². The van der Waals surface area contributed by atoms with Crippen molar-refractivity contribution in [2.75, 3.05) is 20.7 Å². The molecule has 2 heterocycles. The molecule has 1 aliphatic rings. The molecule has 3 rings (SSSR count). The summed E-state index contributed by atoms with van der Waals surface area (Å²) in [6.45, 7) is 7.18. The average molecular weight is 327 g/mol. The molecule has 0 unspecified atom stereocenters. The first-order chi connectivity index (χ1) is 11.5.